The van der Waals surface area contributed by atoms with Gasteiger partial charge in [-0.25, -0.2) is 12.8 Å². The van der Waals surface area contributed by atoms with Crippen LogP contribution in [0.15, 0.2) is 18.2 Å². The molecule has 0 fully saturated rings. The summed E-state index contributed by atoms with van der Waals surface area (Å²) in [6.45, 7) is 1.87. The molecular weight excluding hydrogens is 273 g/mol. The fourth-order valence-electron chi connectivity index (χ4n) is 1.54. The van der Waals surface area contributed by atoms with Crippen LogP contribution < -0.4 is 5.73 Å². The Labute approximate surface area is 111 Å². The number of hydrogen-bond acceptors (Lipinski definition) is 5. The first kappa shape index (κ1) is 15.6. The zero-order valence-corrected chi connectivity index (χ0v) is 11.4. The summed E-state index contributed by atoms with van der Waals surface area (Å²) in [4.78, 5) is 11.1. The van der Waals surface area contributed by atoms with Crippen LogP contribution in [0.5, 0.6) is 0 Å². The Balaban J connectivity index is 2.86. The first-order valence-corrected chi connectivity index (χ1v) is 7.53. The lowest BCUT2D eigenvalue weighted by Gasteiger charge is -2.07. The van der Waals surface area contributed by atoms with Gasteiger partial charge in [-0.2, -0.15) is 0 Å². The maximum atomic E-state index is 13.5. The van der Waals surface area contributed by atoms with Gasteiger partial charge < -0.3 is 10.5 Å². The van der Waals surface area contributed by atoms with Crippen LogP contribution in [0.3, 0.4) is 0 Å². The second kappa shape index (κ2) is 6.63. The maximum absolute atomic E-state index is 13.5. The molecule has 0 saturated heterocycles. The molecule has 0 aliphatic heterocycles. The molecule has 5 nitrogen and oxygen atoms in total. The second-order valence-electron chi connectivity index (χ2n) is 3.97. The van der Waals surface area contributed by atoms with E-state index in [1.807, 2.05) is 0 Å². The Morgan fingerprint density at radius 3 is 2.68 bits per heavy atom. The highest BCUT2D eigenvalue weighted by Gasteiger charge is 2.20. The largest absolute Gasteiger partial charge is 0.465 e. The lowest BCUT2D eigenvalue weighted by Crippen LogP contribution is -2.20. The van der Waals surface area contributed by atoms with Crippen LogP contribution in [0.25, 0.3) is 0 Å². The predicted octanol–water partition coefficient (Wildman–Crippen LogP) is 0.762. The van der Waals surface area contributed by atoms with Gasteiger partial charge in [-0.1, -0.05) is 12.1 Å². The molecule has 1 aromatic rings. The Hall–Kier alpha value is -1.47. The highest BCUT2D eigenvalue weighted by molar-refractivity contribution is 7.91. The first-order chi connectivity index (χ1) is 8.88. The van der Waals surface area contributed by atoms with E-state index in [-0.39, 0.29) is 18.7 Å². The Morgan fingerprint density at radius 2 is 2.11 bits per heavy atom. The number of ether oxygens (including phenoxy) is 1. The van der Waals surface area contributed by atoms with Crippen LogP contribution in [0.1, 0.15) is 18.1 Å². The number of benzene rings is 1. The molecule has 0 radical (unpaired) electrons. The molecule has 0 aliphatic rings. The third kappa shape index (κ3) is 4.96. The van der Waals surface area contributed by atoms with E-state index >= 15 is 0 Å². The molecule has 1 aromatic carbocycles. The van der Waals surface area contributed by atoms with Crippen LogP contribution in [0.4, 0.5) is 4.39 Å². The minimum atomic E-state index is -3.76. The van der Waals surface area contributed by atoms with Crippen molar-refractivity contribution in [2.45, 2.75) is 19.2 Å². The molecule has 0 unspecified atom stereocenters. The first-order valence-electron chi connectivity index (χ1n) is 5.71. The van der Waals surface area contributed by atoms with Crippen LogP contribution in [0.2, 0.25) is 0 Å². The van der Waals surface area contributed by atoms with Crippen molar-refractivity contribution in [3.05, 3.63) is 35.1 Å². The Bertz CT molecular complexity index is 557. The van der Waals surface area contributed by atoms with Gasteiger partial charge in [0, 0.05) is 12.1 Å². The number of esters is 1. The fourth-order valence-corrected chi connectivity index (χ4v) is 2.78. The quantitative estimate of drug-likeness (QED) is 0.781. The fraction of sp³-hybridized carbons (Fsp3) is 0.417. The molecule has 0 atom stereocenters. The summed E-state index contributed by atoms with van der Waals surface area (Å²) in [5.41, 5.74) is 6.04. The van der Waals surface area contributed by atoms with Crippen LogP contribution in [0, 0.1) is 5.82 Å². The third-order valence-electron chi connectivity index (χ3n) is 2.36. The summed E-state index contributed by atoms with van der Waals surface area (Å²) < 4.78 is 41.5. The average molecular weight is 289 g/mol. The zero-order valence-electron chi connectivity index (χ0n) is 10.6. The number of rotatable bonds is 6. The molecule has 0 amide bonds. The molecule has 1 rings (SSSR count). The summed E-state index contributed by atoms with van der Waals surface area (Å²) in [6.07, 6.45) is 0. The molecule has 2 N–H and O–H groups in total. The third-order valence-corrected chi connectivity index (χ3v) is 3.79. The highest BCUT2D eigenvalue weighted by Crippen LogP contribution is 2.14. The normalized spacial score (nSPS) is 11.3. The standard InChI is InChI=1S/C12H16FNO4S/c1-2-18-12(15)8-19(16,17)7-10-5-9(6-14)3-4-11(10)13/h3-5H,2,6-8,14H2,1H3. The van der Waals surface area contributed by atoms with Gasteiger partial charge in [0.25, 0.3) is 0 Å². The molecule has 19 heavy (non-hydrogen) atoms. The summed E-state index contributed by atoms with van der Waals surface area (Å²) in [5, 5.41) is 0. The van der Waals surface area contributed by atoms with Crippen molar-refractivity contribution in [3.63, 3.8) is 0 Å². The van der Waals surface area contributed by atoms with Crippen LogP contribution >= 0.6 is 0 Å². The topological polar surface area (TPSA) is 86.5 Å². The molecule has 0 bridgehead atoms. The van der Waals surface area contributed by atoms with Crippen molar-refractivity contribution < 1.29 is 22.3 Å². The predicted molar refractivity (Wildman–Crippen MR) is 68.4 cm³/mol. The summed E-state index contributed by atoms with van der Waals surface area (Å²) in [6, 6.07) is 4.03. The number of halogens is 1. The minimum absolute atomic E-state index is 0.00671. The van der Waals surface area contributed by atoms with Gasteiger partial charge in [0.1, 0.15) is 11.6 Å². The smallest absolute Gasteiger partial charge is 0.321 e. The van der Waals surface area contributed by atoms with Crippen LogP contribution in [-0.4, -0.2) is 26.7 Å². The lowest BCUT2D eigenvalue weighted by atomic mass is 10.1. The number of nitrogens with two attached hydrogens (primary N) is 1. The molecule has 106 valence electrons. The number of carbonyl (C=O) groups excluding carboxylic acids is 1. The SMILES string of the molecule is CCOC(=O)CS(=O)(=O)Cc1cc(CN)ccc1F. The molecular formula is C12H16FNO4S. The number of sulfone groups is 1. The van der Waals surface area contributed by atoms with E-state index < -0.39 is 33.1 Å². The lowest BCUT2D eigenvalue weighted by molar-refractivity contribution is -0.139. The molecule has 0 aliphatic carbocycles. The van der Waals surface area contributed by atoms with Gasteiger partial charge in [-0.3, -0.25) is 4.79 Å². The Morgan fingerprint density at radius 1 is 1.42 bits per heavy atom. The van der Waals surface area contributed by atoms with E-state index in [2.05, 4.69) is 4.74 Å². The van der Waals surface area contributed by atoms with Crippen molar-refractivity contribution >= 4 is 15.8 Å². The number of carbonyl (C=O) groups is 1. The Kier molecular flexibility index (Phi) is 5.44. The van der Waals surface area contributed by atoms with Crippen LogP contribution in [-0.2, 0) is 31.7 Å². The van der Waals surface area contributed by atoms with Crippen molar-refractivity contribution in [1.82, 2.24) is 0 Å². The van der Waals surface area contributed by atoms with E-state index in [9.17, 15) is 17.6 Å². The molecule has 0 saturated carbocycles. The molecule has 0 spiro atoms. The van der Waals surface area contributed by atoms with E-state index in [0.717, 1.165) is 6.07 Å². The van der Waals surface area contributed by atoms with Gasteiger partial charge in [-0.05, 0) is 18.6 Å². The summed E-state index contributed by atoms with van der Waals surface area (Å²) in [5.74, 6) is -2.78. The van der Waals surface area contributed by atoms with Crippen molar-refractivity contribution in [2.75, 3.05) is 12.4 Å². The number of hydrogen-bond donors (Lipinski definition) is 1. The van der Waals surface area contributed by atoms with Crippen molar-refractivity contribution in [2.24, 2.45) is 5.73 Å². The highest BCUT2D eigenvalue weighted by atomic mass is 32.2. The van der Waals surface area contributed by atoms with Gasteiger partial charge in [0.05, 0.1) is 12.4 Å². The van der Waals surface area contributed by atoms with Gasteiger partial charge in [0.2, 0.25) is 0 Å². The summed E-state index contributed by atoms with van der Waals surface area (Å²) in [7, 11) is -3.76. The van der Waals surface area contributed by atoms with Crippen molar-refractivity contribution in [3.8, 4) is 0 Å². The average Bonchev–Trinajstić information content (AvgIpc) is 2.31. The van der Waals surface area contributed by atoms with E-state index in [1.165, 1.54) is 12.1 Å². The van der Waals surface area contributed by atoms with Gasteiger partial charge in [-0.15, -0.1) is 0 Å². The van der Waals surface area contributed by atoms with E-state index in [4.69, 9.17) is 5.73 Å². The minimum Gasteiger partial charge on any atom is -0.465 e. The monoisotopic (exact) mass is 289 g/mol. The van der Waals surface area contributed by atoms with Crippen molar-refractivity contribution in [1.29, 1.82) is 0 Å². The molecule has 7 heteroatoms. The van der Waals surface area contributed by atoms with Gasteiger partial charge >= 0.3 is 5.97 Å². The van der Waals surface area contributed by atoms with E-state index in [1.54, 1.807) is 6.92 Å². The molecule has 0 heterocycles. The van der Waals surface area contributed by atoms with E-state index in [0.29, 0.717) is 5.56 Å². The molecule has 0 aromatic heterocycles. The maximum Gasteiger partial charge on any atom is 0.321 e. The second-order valence-corrected chi connectivity index (χ2v) is 6.03. The van der Waals surface area contributed by atoms with Gasteiger partial charge in [0.15, 0.2) is 9.84 Å². The zero-order chi connectivity index (χ0) is 14.5. The summed E-state index contributed by atoms with van der Waals surface area (Å²) >= 11 is 0.